The molecule has 4 heteroatoms. The maximum Gasteiger partial charge on any atom is 0.160 e. The van der Waals surface area contributed by atoms with Crippen LogP contribution >= 0.6 is 0 Å². The van der Waals surface area contributed by atoms with Gasteiger partial charge in [-0.3, -0.25) is 0 Å². The van der Waals surface area contributed by atoms with Crippen LogP contribution in [0.1, 0.15) is 30.9 Å². The van der Waals surface area contributed by atoms with Crippen LogP contribution in [-0.4, -0.2) is 19.1 Å². The highest BCUT2D eigenvalue weighted by atomic mass is 15.0. The SMILES string of the molecule is CC1(C)c2cc(-c3nc(-c4cccc(-n5c6ccccc6c6c7ccn(-c8ccccc8)c7ccc65)c4)nc4ccccc34)ccc2C2C=CC=CC21. The summed E-state index contributed by atoms with van der Waals surface area (Å²) in [5.41, 5.74) is 12.7. The molecule has 0 saturated carbocycles. The van der Waals surface area contributed by atoms with E-state index in [-0.39, 0.29) is 5.41 Å². The summed E-state index contributed by atoms with van der Waals surface area (Å²) in [6.07, 6.45) is 11.3. The fourth-order valence-electron chi connectivity index (χ4n) is 9.31. The van der Waals surface area contributed by atoms with E-state index in [4.69, 9.17) is 9.97 Å². The standard InChI is InChI=1S/C49H36N4/c1-49(2)40-20-9-6-17-35(40)36-24-23-31(30-41(36)49)47-37-18-7-10-21-42(37)50-48(51-47)32-13-12-16-34(29-32)53-44-22-11-8-19-38(44)46-39-27-28-52(33-14-4-3-5-15-33)43(39)25-26-45(46)53/h3-30,35,40H,1-2H3. The van der Waals surface area contributed by atoms with Crippen molar-refractivity contribution in [2.24, 2.45) is 5.92 Å². The van der Waals surface area contributed by atoms with Crippen molar-refractivity contribution in [1.29, 1.82) is 0 Å². The van der Waals surface area contributed by atoms with E-state index in [2.05, 4.69) is 193 Å². The first kappa shape index (κ1) is 30.1. The van der Waals surface area contributed by atoms with E-state index in [0.29, 0.717) is 11.8 Å². The molecular formula is C49H36N4. The number of hydrogen-bond acceptors (Lipinski definition) is 2. The van der Waals surface area contributed by atoms with Gasteiger partial charge in [-0.15, -0.1) is 0 Å². The molecule has 252 valence electrons. The van der Waals surface area contributed by atoms with Crippen molar-refractivity contribution in [2.45, 2.75) is 25.2 Å². The van der Waals surface area contributed by atoms with Gasteiger partial charge in [-0.25, -0.2) is 9.97 Å². The Morgan fingerprint density at radius 2 is 1.32 bits per heavy atom. The molecule has 2 unspecified atom stereocenters. The molecule has 53 heavy (non-hydrogen) atoms. The van der Waals surface area contributed by atoms with Crippen molar-refractivity contribution in [1.82, 2.24) is 19.1 Å². The fraction of sp³-hybridized carbons (Fsp3) is 0.102. The van der Waals surface area contributed by atoms with Crippen molar-refractivity contribution >= 4 is 43.6 Å². The van der Waals surface area contributed by atoms with Gasteiger partial charge >= 0.3 is 0 Å². The molecule has 11 rings (SSSR count). The van der Waals surface area contributed by atoms with Gasteiger partial charge in [0, 0.05) is 56.2 Å². The van der Waals surface area contributed by atoms with Gasteiger partial charge in [0.1, 0.15) is 0 Å². The van der Waals surface area contributed by atoms with Gasteiger partial charge in [-0.05, 0) is 83.1 Å². The number of fused-ring (bicyclic) bond motifs is 9. The van der Waals surface area contributed by atoms with Crippen LogP contribution in [0.15, 0.2) is 170 Å². The molecule has 2 aliphatic carbocycles. The quantitative estimate of drug-likeness (QED) is 0.185. The molecule has 9 aromatic rings. The van der Waals surface area contributed by atoms with Gasteiger partial charge < -0.3 is 9.13 Å². The van der Waals surface area contributed by atoms with Gasteiger partial charge in [0.25, 0.3) is 0 Å². The van der Waals surface area contributed by atoms with E-state index < -0.39 is 0 Å². The Hall–Kier alpha value is -6.52. The Balaban J connectivity index is 1.07. The third kappa shape index (κ3) is 4.42. The van der Waals surface area contributed by atoms with E-state index in [0.717, 1.165) is 44.9 Å². The number of benzene rings is 6. The summed E-state index contributed by atoms with van der Waals surface area (Å²) >= 11 is 0. The van der Waals surface area contributed by atoms with Crippen molar-refractivity contribution in [3.63, 3.8) is 0 Å². The van der Waals surface area contributed by atoms with Crippen molar-refractivity contribution in [2.75, 3.05) is 0 Å². The summed E-state index contributed by atoms with van der Waals surface area (Å²) in [5, 5.41) is 4.80. The van der Waals surface area contributed by atoms with Crippen LogP contribution in [0.25, 0.3) is 77.6 Å². The molecule has 3 aromatic heterocycles. The molecule has 0 saturated heterocycles. The number of para-hydroxylation sites is 3. The average molecular weight is 681 g/mol. The number of hydrogen-bond donors (Lipinski definition) is 0. The van der Waals surface area contributed by atoms with Crippen LogP contribution in [0.2, 0.25) is 0 Å². The third-order valence-corrected chi connectivity index (χ3v) is 11.9. The van der Waals surface area contributed by atoms with Crippen molar-refractivity contribution in [3.8, 4) is 34.0 Å². The van der Waals surface area contributed by atoms with Crippen LogP contribution in [-0.2, 0) is 5.41 Å². The smallest absolute Gasteiger partial charge is 0.160 e. The lowest BCUT2D eigenvalue weighted by atomic mass is 9.74. The number of allylic oxidation sites excluding steroid dienone is 4. The predicted octanol–water partition coefficient (Wildman–Crippen LogP) is 12.1. The summed E-state index contributed by atoms with van der Waals surface area (Å²) in [6, 6.07) is 50.2. The minimum absolute atomic E-state index is 0.0231. The highest BCUT2D eigenvalue weighted by Gasteiger charge is 2.44. The van der Waals surface area contributed by atoms with Crippen LogP contribution in [0.5, 0.6) is 0 Å². The van der Waals surface area contributed by atoms with E-state index >= 15 is 0 Å². The predicted molar refractivity (Wildman–Crippen MR) is 219 cm³/mol. The lowest BCUT2D eigenvalue weighted by Crippen LogP contribution is -2.24. The number of rotatable bonds is 4. The second-order valence-electron chi connectivity index (χ2n) is 15.1. The molecule has 0 aliphatic heterocycles. The summed E-state index contributed by atoms with van der Waals surface area (Å²) < 4.78 is 4.67. The van der Waals surface area contributed by atoms with E-state index in [1.165, 1.54) is 43.8 Å². The van der Waals surface area contributed by atoms with Gasteiger partial charge in [-0.1, -0.05) is 117 Å². The van der Waals surface area contributed by atoms with Crippen LogP contribution in [0, 0.1) is 5.92 Å². The first-order valence-electron chi connectivity index (χ1n) is 18.5. The van der Waals surface area contributed by atoms with Crippen LogP contribution < -0.4 is 0 Å². The van der Waals surface area contributed by atoms with Gasteiger partial charge in [0.15, 0.2) is 5.82 Å². The first-order valence-corrected chi connectivity index (χ1v) is 18.5. The van der Waals surface area contributed by atoms with Gasteiger partial charge in [0.05, 0.1) is 27.8 Å². The molecule has 2 aliphatic rings. The minimum atomic E-state index is 0.0231. The monoisotopic (exact) mass is 680 g/mol. The summed E-state index contributed by atoms with van der Waals surface area (Å²) in [6.45, 7) is 4.77. The Bertz CT molecular complexity index is 2990. The van der Waals surface area contributed by atoms with Gasteiger partial charge in [-0.2, -0.15) is 0 Å². The molecule has 6 aromatic carbocycles. The molecule has 3 heterocycles. The molecule has 0 bridgehead atoms. The van der Waals surface area contributed by atoms with Crippen LogP contribution in [0.3, 0.4) is 0 Å². The van der Waals surface area contributed by atoms with E-state index in [1.54, 1.807) is 0 Å². The lowest BCUT2D eigenvalue weighted by Gasteiger charge is -2.29. The first-order chi connectivity index (χ1) is 26.0. The highest BCUT2D eigenvalue weighted by Crippen LogP contribution is 2.53. The van der Waals surface area contributed by atoms with Crippen LogP contribution in [0.4, 0.5) is 0 Å². The molecule has 0 amide bonds. The largest absolute Gasteiger partial charge is 0.317 e. The normalized spacial score (nSPS) is 17.2. The Morgan fingerprint density at radius 1 is 0.566 bits per heavy atom. The average Bonchev–Trinajstić information content (AvgIpc) is 3.86. The Kier molecular flexibility index (Phi) is 6.39. The van der Waals surface area contributed by atoms with Gasteiger partial charge in [0.2, 0.25) is 0 Å². The third-order valence-electron chi connectivity index (χ3n) is 11.9. The van der Waals surface area contributed by atoms with Crippen molar-refractivity contribution in [3.05, 3.63) is 181 Å². The molecule has 2 atom stereocenters. The second kappa shape index (κ2) is 11.2. The topological polar surface area (TPSA) is 35.6 Å². The Morgan fingerprint density at radius 3 is 2.23 bits per heavy atom. The number of aromatic nitrogens is 4. The minimum Gasteiger partial charge on any atom is -0.317 e. The fourth-order valence-corrected chi connectivity index (χ4v) is 9.31. The molecule has 0 spiro atoms. The maximum atomic E-state index is 5.37. The molecule has 4 nitrogen and oxygen atoms in total. The molecule has 0 radical (unpaired) electrons. The number of nitrogens with zero attached hydrogens (tertiary/aromatic N) is 4. The lowest BCUT2D eigenvalue weighted by molar-refractivity contribution is 0.394. The Labute approximate surface area is 308 Å². The van der Waals surface area contributed by atoms with E-state index in [9.17, 15) is 0 Å². The zero-order valence-electron chi connectivity index (χ0n) is 29.6. The molecule has 0 fully saturated rings. The maximum absolute atomic E-state index is 5.37. The molecule has 0 N–H and O–H groups in total. The zero-order valence-corrected chi connectivity index (χ0v) is 29.6. The zero-order chi connectivity index (χ0) is 35.3. The summed E-state index contributed by atoms with van der Waals surface area (Å²) in [7, 11) is 0. The summed E-state index contributed by atoms with van der Waals surface area (Å²) in [5.74, 6) is 1.60. The van der Waals surface area contributed by atoms with E-state index in [1.807, 2.05) is 0 Å². The summed E-state index contributed by atoms with van der Waals surface area (Å²) in [4.78, 5) is 10.5. The molecular weight excluding hydrogens is 645 g/mol. The van der Waals surface area contributed by atoms with Crippen molar-refractivity contribution < 1.29 is 0 Å². The second-order valence-corrected chi connectivity index (χ2v) is 15.1. The highest BCUT2D eigenvalue weighted by molar-refractivity contribution is 6.21.